The lowest BCUT2D eigenvalue weighted by Gasteiger charge is -2.08. The summed E-state index contributed by atoms with van der Waals surface area (Å²) in [5.74, 6) is -0.207. The topological polar surface area (TPSA) is 15.8 Å². The van der Waals surface area contributed by atoms with Crippen LogP contribution in [0.2, 0.25) is 0 Å². The van der Waals surface area contributed by atoms with Gasteiger partial charge >= 0.3 is 0 Å². The van der Waals surface area contributed by atoms with Crippen molar-refractivity contribution in [2.24, 2.45) is 0 Å². The van der Waals surface area contributed by atoms with E-state index < -0.39 is 0 Å². The number of rotatable bonds is 1. The second-order valence-corrected chi connectivity index (χ2v) is 5.42. The molecule has 0 unspecified atom stereocenters. The average Bonchev–Trinajstić information content (AvgIpc) is 2.97. The van der Waals surface area contributed by atoms with Crippen molar-refractivity contribution in [3.63, 3.8) is 0 Å². The van der Waals surface area contributed by atoms with Gasteiger partial charge in [-0.3, -0.25) is 0 Å². The summed E-state index contributed by atoms with van der Waals surface area (Å²) in [4.78, 5) is 3.24. The van der Waals surface area contributed by atoms with E-state index in [4.69, 9.17) is 0 Å². The first kappa shape index (κ1) is 12.2. The van der Waals surface area contributed by atoms with Gasteiger partial charge in [0.1, 0.15) is 5.82 Å². The summed E-state index contributed by atoms with van der Waals surface area (Å²) in [6, 6.07) is 17.6. The Bertz CT molecular complexity index is 949. The maximum atomic E-state index is 13.5. The Labute approximate surface area is 122 Å². The predicted molar refractivity (Wildman–Crippen MR) is 85.9 cm³/mol. The van der Waals surface area contributed by atoms with E-state index in [0.29, 0.717) is 0 Å². The SMILES string of the molecule is Cc1ccc(-c2cc3ccc(F)cc3c3[nH]ccc23)cc1. The number of fused-ring (bicyclic) bond motifs is 3. The number of aryl methyl sites for hydroxylation is 1. The molecule has 0 atom stereocenters. The molecule has 0 saturated carbocycles. The highest BCUT2D eigenvalue weighted by atomic mass is 19.1. The molecule has 3 aromatic carbocycles. The second-order valence-electron chi connectivity index (χ2n) is 5.42. The molecule has 0 amide bonds. The number of benzene rings is 3. The van der Waals surface area contributed by atoms with Crippen molar-refractivity contribution in [1.82, 2.24) is 4.98 Å². The molecule has 0 fully saturated rings. The van der Waals surface area contributed by atoms with Gasteiger partial charge in [-0.25, -0.2) is 4.39 Å². The van der Waals surface area contributed by atoms with Gasteiger partial charge in [0.25, 0.3) is 0 Å². The number of halogens is 1. The van der Waals surface area contributed by atoms with Gasteiger partial charge in [-0.05, 0) is 47.7 Å². The van der Waals surface area contributed by atoms with E-state index in [-0.39, 0.29) is 5.82 Å². The molecule has 1 nitrogen and oxygen atoms in total. The van der Waals surface area contributed by atoms with Gasteiger partial charge in [-0.2, -0.15) is 0 Å². The third-order valence-corrected chi connectivity index (χ3v) is 3.98. The van der Waals surface area contributed by atoms with Crippen LogP contribution in [0.4, 0.5) is 4.39 Å². The molecular formula is C19H14FN. The van der Waals surface area contributed by atoms with E-state index in [9.17, 15) is 4.39 Å². The number of hydrogen-bond acceptors (Lipinski definition) is 0. The summed E-state index contributed by atoms with van der Waals surface area (Å²) in [5.41, 5.74) is 4.58. The molecule has 4 aromatic rings. The number of aromatic nitrogens is 1. The highest BCUT2D eigenvalue weighted by molar-refractivity contribution is 6.12. The Morgan fingerprint density at radius 3 is 2.48 bits per heavy atom. The standard InChI is InChI=1S/C19H14FN/c1-12-2-4-13(5-3-12)17-10-14-6-7-15(20)11-18(14)19-16(17)8-9-21-19/h2-11,21H,1H3. The highest BCUT2D eigenvalue weighted by Crippen LogP contribution is 2.34. The predicted octanol–water partition coefficient (Wildman–Crippen LogP) is 5.44. The first-order valence-corrected chi connectivity index (χ1v) is 6.99. The van der Waals surface area contributed by atoms with Crippen molar-refractivity contribution < 1.29 is 4.39 Å². The molecule has 2 heteroatoms. The Hall–Kier alpha value is -2.61. The lowest BCUT2D eigenvalue weighted by molar-refractivity contribution is 0.630. The van der Waals surface area contributed by atoms with Gasteiger partial charge in [-0.1, -0.05) is 35.9 Å². The van der Waals surface area contributed by atoms with E-state index in [1.165, 1.54) is 22.8 Å². The minimum Gasteiger partial charge on any atom is -0.361 e. The largest absolute Gasteiger partial charge is 0.361 e. The molecule has 1 N–H and O–H groups in total. The van der Waals surface area contributed by atoms with E-state index in [2.05, 4.69) is 48.3 Å². The zero-order valence-electron chi connectivity index (χ0n) is 11.7. The molecule has 0 aliphatic carbocycles. The molecule has 0 aliphatic heterocycles. The summed E-state index contributed by atoms with van der Waals surface area (Å²) < 4.78 is 13.5. The van der Waals surface area contributed by atoms with Crippen molar-refractivity contribution in [3.05, 3.63) is 72.2 Å². The number of nitrogens with one attached hydrogen (secondary N) is 1. The monoisotopic (exact) mass is 275 g/mol. The van der Waals surface area contributed by atoms with Gasteiger partial charge in [-0.15, -0.1) is 0 Å². The number of hydrogen-bond donors (Lipinski definition) is 1. The normalized spacial score (nSPS) is 11.3. The van der Waals surface area contributed by atoms with Crippen LogP contribution < -0.4 is 0 Å². The molecular weight excluding hydrogens is 261 g/mol. The Balaban J connectivity index is 2.10. The van der Waals surface area contributed by atoms with Crippen molar-refractivity contribution in [2.45, 2.75) is 6.92 Å². The second kappa shape index (κ2) is 4.45. The maximum Gasteiger partial charge on any atom is 0.123 e. The van der Waals surface area contributed by atoms with Crippen LogP contribution in [0.1, 0.15) is 5.56 Å². The minimum atomic E-state index is -0.207. The fourth-order valence-corrected chi connectivity index (χ4v) is 2.89. The fourth-order valence-electron chi connectivity index (χ4n) is 2.89. The smallest absolute Gasteiger partial charge is 0.123 e. The molecule has 1 heterocycles. The van der Waals surface area contributed by atoms with Gasteiger partial charge in [0.2, 0.25) is 0 Å². The van der Waals surface area contributed by atoms with Crippen molar-refractivity contribution in [2.75, 3.05) is 0 Å². The zero-order chi connectivity index (χ0) is 14.4. The minimum absolute atomic E-state index is 0.207. The Kier molecular flexibility index (Phi) is 2.58. The summed E-state index contributed by atoms with van der Waals surface area (Å²) in [5, 5.41) is 3.09. The maximum absolute atomic E-state index is 13.5. The van der Waals surface area contributed by atoms with Crippen molar-refractivity contribution >= 4 is 21.7 Å². The van der Waals surface area contributed by atoms with Gasteiger partial charge < -0.3 is 4.98 Å². The van der Waals surface area contributed by atoms with Crippen LogP contribution in [0.3, 0.4) is 0 Å². The van der Waals surface area contributed by atoms with E-state index in [1.54, 1.807) is 6.07 Å². The molecule has 1 aromatic heterocycles. The summed E-state index contributed by atoms with van der Waals surface area (Å²) in [6.07, 6.45) is 1.91. The lowest BCUT2D eigenvalue weighted by atomic mass is 9.96. The first-order valence-electron chi connectivity index (χ1n) is 6.99. The molecule has 0 aliphatic rings. The molecule has 0 bridgehead atoms. The highest BCUT2D eigenvalue weighted by Gasteiger charge is 2.10. The van der Waals surface area contributed by atoms with Crippen LogP contribution in [0.5, 0.6) is 0 Å². The molecule has 102 valence electrons. The zero-order valence-corrected chi connectivity index (χ0v) is 11.7. The lowest BCUT2D eigenvalue weighted by Crippen LogP contribution is -1.84. The third-order valence-electron chi connectivity index (χ3n) is 3.98. The number of H-pyrrole nitrogens is 1. The van der Waals surface area contributed by atoms with E-state index >= 15 is 0 Å². The van der Waals surface area contributed by atoms with Gasteiger partial charge in [0.15, 0.2) is 0 Å². The van der Waals surface area contributed by atoms with Crippen LogP contribution in [-0.2, 0) is 0 Å². The number of aromatic amines is 1. The Morgan fingerprint density at radius 1 is 0.857 bits per heavy atom. The molecule has 0 radical (unpaired) electrons. The van der Waals surface area contributed by atoms with Crippen LogP contribution in [0, 0.1) is 12.7 Å². The van der Waals surface area contributed by atoms with Crippen LogP contribution in [0.15, 0.2) is 60.8 Å². The van der Waals surface area contributed by atoms with Crippen molar-refractivity contribution in [1.29, 1.82) is 0 Å². The first-order chi connectivity index (χ1) is 10.2. The summed E-state index contributed by atoms with van der Waals surface area (Å²) in [7, 11) is 0. The van der Waals surface area contributed by atoms with E-state index in [0.717, 1.165) is 21.7 Å². The van der Waals surface area contributed by atoms with E-state index in [1.807, 2.05) is 12.3 Å². The average molecular weight is 275 g/mol. The summed E-state index contributed by atoms with van der Waals surface area (Å²) >= 11 is 0. The fraction of sp³-hybridized carbons (Fsp3) is 0.0526. The Morgan fingerprint density at radius 2 is 1.67 bits per heavy atom. The van der Waals surface area contributed by atoms with Crippen LogP contribution >= 0.6 is 0 Å². The third kappa shape index (κ3) is 1.91. The molecule has 0 spiro atoms. The molecule has 0 saturated heterocycles. The summed E-state index contributed by atoms with van der Waals surface area (Å²) in [6.45, 7) is 2.08. The van der Waals surface area contributed by atoms with Gasteiger partial charge in [0, 0.05) is 17.0 Å². The van der Waals surface area contributed by atoms with Crippen LogP contribution in [-0.4, -0.2) is 4.98 Å². The quantitative estimate of drug-likeness (QED) is 0.476. The molecule has 21 heavy (non-hydrogen) atoms. The van der Waals surface area contributed by atoms with Crippen LogP contribution in [0.25, 0.3) is 32.8 Å². The van der Waals surface area contributed by atoms with Gasteiger partial charge in [0.05, 0.1) is 5.52 Å². The van der Waals surface area contributed by atoms with Crippen molar-refractivity contribution in [3.8, 4) is 11.1 Å². The molecule has 4 rings (SSSR count).